The summed E-state index contributed by atoms with van der Waals surface area (Å²) in [6.07, 6.45) is -2.92. The first-order valence-electron chi connectivity index (χ1n) is 12.0. The zero-order valence-electron chi connectivity index (χ0n) is 21.6. The van der Waals surface area contributed by atoms with Crippen LogP contribution in [0, 0.1) is 13.8 Å². The van der Waals surface area contributed by atoms with Gasteiger partial charge in [-0.2, -0.15) is 13.2 Å². The topological polar surface area (TPSA) is 137 Å². The maximum atomic E-state index is 13.4. The van der Waals surface area contributed by atoms with E-state index in [4.69, 9.17) is 4.52 Å². The second-order valence-corrected chi connectivity index (χ2v) is 10.3. The van der Waals surface area contributed by atoms with Gasteiger partial charge in [0.1, 0.15) is 34.0 Å². The fraction of sp³-hybridized carbons (Fsp3) is 0.375. The SMILES string of the molecule is Cc1cc(CN2C(=O)C3C(N=CN3[C@@H](C)C(=O)Nc3csc(-c4cnc(C(F)(F)F)c(C)c4)n3)N(C)C2=O)no1. The Hall–Kier alpha value is -4.34. The lowest BCUT2D eigenvalue weighted by Crippen LogP contribution is -2.66. The van der Waals surface area contributed by atoms with E-state index in [1.54, 1.807) is 25.3 Å². The molecule has 3 atom stereocenters. The third-order valence-corrected chi connectivity index (χ3v) is 7.47. The maximum absolute atomic E-state index is 13.4. The van der Waals surface area contributed by atoms with Crippen molar-refractivity contribution in [2.24, 2.45) is 4.99 Å². The van der Waals surface area contributed by atoms with Crippen LogP contribution >= 0.6 is 11.3 Å². The number of halogens is 3. The maximum Gasteiger partial charge on any atom is 0.433 e. The summed E-state index contributed by atoms with van der Waals surface area (Å²) in [6, 6.07) is 0.577. The van der Waals surface area contributed by atoms with Gasteiger partial charge >= 0.3 is 12.2 Å². The molecule has 0 spiro atoms. The molecule has 5 heterocycles. The zero-order valence-corrected chi connectivity index (χ0v) is 22.4. The fourth-order valence-electron chi connectivity index (χ4n) is 4.54. The first kappa shape index (κ1) is 27.2. The Kier molecular flexibility index (Phi) is 6.81. The molecule has 2 unspecified atom stereocenters. The van der Waals surface area contributed by atoms with Crippen molar-refractivity contribution in [3.05, 3.63) is 46.4 Å². The van der Waals surface area contributed by atoms with Gasteiger partial charge in [-0.05, 0) is 32.4 Å². The van der Waals surface area contributed by atoms with E-state index in [0.717, 1.165) is 22.4 Å². The molecule has 1 fully saturated rings. The first-order chi connectivity index (χ1) is 18.8. The number of pyridine rings is 1. The van der Waals surface area contributed by atoms with Crippen molar-refractivity contribution in [1.82, 2.24) is 29.8 Å². The van der Waals surface area contributed by atoms with Crippen LogP contribution in [0.4, 0.5) is 23.8 Å². The number of aromatic nitrogens is 3. The van der Waals surface area contributed by atoms with Crippen LogP contribution in [-0.4, -0.2) is 79.3 Å². The van der Waals surface area contributed by atoms with Crippen LogP contribution in [0.15, 0.2) is 33.2 Å². The summed E-state index contributed by atoms with van der Waals surface area (Å²) >= 11 is 1.13. The van der Waals surface area contributed by atoms with Crippen molar-refractivity contribution in [3.8, 4) is 10.6 Å². The molecule has 3 aromatic heterocycles. The van der Waals surface area contributed by atoms with Crippen LogP contribution in [0.5, 0.6) is 0 Å². The van der Waals surface area contributed by atoms with E-state index in [1.807, 2.05) is 0 Å². The Morgan fingerprint density at radius 2 is 2.00 bits per heavy atom. The second-order valence-electron chi connectivity index (χ2n) is 9.41. The minimum Gasteiger partial charge on any atom is -0.361 e. The Labute approximate surface area is 229 Å². The predicted octanol–water partition coefficient (Wildman–Crippen LogP) is 3.29. The highest BCUT2D eigenvalue weighted by Crippen LogP contribution is 2.33. The Bertz CT molecular complexity index is 1520. The Morgan fingerprint density at radius 1 is 1.25 bits per heavy atom. The first-order valence-corrected chi connectivity index (χ1v) is 12.8. The van der Waals surface area contributed by atoms with E-state index >= 15 is 0 Å². The molecule has 16 heteroatoms. The number of nitrogens with one attached hydrogen (secondary N) is 1. The molecule has 40 heavy (non-hydrogen) atoms. The number of carbonyl (C=O) groups excluding carboxylic acids is 3. The van der Waals surface area contributed by atoms with Crippen molar-refractivity contribution in [3.63, 3.8) is 0 Å². The quantitative estimate of drug-likeness (QED) is 0.472. The number of aryl methyl sites for hydroxylation is 2. The molecule has 0 bridgehead atoms. The molecule has 12 nitrogen and oxygen atoms in total. The molecular weight excluding hydrogens is 553 g/mol. The Morgan fingerprint density at radius 3 is 2.65 bits per heavy atom. The summed E-state index contributed by atoms with van der Waals surface area (Å²) in [4.78, 5) is 55.4. The highest BCUT2D eigenvalue weighted by molar-refractivity contribution is 7.13. The van der Waals surface area contributed by atoms with Crippen molar-refractivity contribution in [2.75, 3.05) is 12.4 Å². The number of alkyl halides is 3. The predicted molar refractivity (Wildman–Crippen MR) is 136 cm³/mol. The number of urea groups is 1. The van der Waals surface area contributed by atoms with E-state index in [2.05, 4.69) is 25.4 Å². The molecule has 5 rings (SSSR count). The largest absolute Gasteiger partial charge is 0.433 e. The summed E-state index contributed by atoms with van der Waals surface area (Å²) in [7, 11) is 1.52. The van der Waals surface area contributed by atoms with Gasteiger partial charge in [0, 0.05) is 30.3 Å². The van der Waals surface area contributed by atoms with Crippen molar-refractivity contribution in [1.29, 1.82) is 0 Å². The lowest BCUT2D eigenvalue weighted by molar-refractivity contribution is -0.142. The molecule has 0 aromatic carbocycles. The van der Waals surface area contributed by atoms with Gasteiger partial charge in [-0.3, -0.25) is 19.5 Å². The number of amides is 4. The lowest BCUT2D eigenvalue weighted by Gasteiger charge is -2.42. The molecule has 4 amide bonds. The van der Waals surface area contributed by atoms with Crippen molar-refractivity contribution >= 4 is 41.3 Å². The number of hydrogen-bond donors (Lipinski definition) is 1. The number of anilines is 1. The van der Waals surface area contributed by atoms with Gasteiger partial charge in [0.05, 0.1) is 12.9 Å². The standard InChI is InChI=1S/C24H23F3N8O4S/c1-11-5-14(7-28-18(11)24(25,26)27)21-31-16(9-40-21)30-20(36)13(3)35-10-29-19-17(35)22(37)34(23(38)33(19)4)8-15-6-12(2)39-32-15/h5-7,9-10,13,17,19H,8H2,1-4H3,(H,30,36)/t13-,17?,19?/m0/s1. The van der Waals surface area contributed by atoms with Crippen molar-refractivity contribution < 1.29 is 32.1 Å². The number of rotatable bonds is 6. The van der Waals surface area contributed by atoms with Crippen LogP contribution in [0.25, 0.3) is 10.6 Å². The minimum atomic E-state index is -4.56. The number of imide groups is 1. The highest BCUT2D eigenvalue weighted by atomic mass is 32.1. The number of aliphatic imine (C=N–C) groups is 1. The molecule has 2 aliphatic rings. The smallest absolute Gasteiger partial charge is 0.361 e. The van der Waals surface area contributed by atoms with E-state index in [-0.39, 0.29) is 17.9 Å². The van der Waals surface area contributed by atoms with Gasteiger partial charge in [-0.15, -0.1) is 11.3 Å². The summed E-state index contributed by atoms with van der Waals surface area (Å²) in [5, 5.41) is 8.45. The van der Waals surface area contributed by atoms with Crippen LogP contribution in [0.3, 0.4) is 0 Å². The molecule has 1 N–H and O–H groups in total. The van der Waals surface area contributed by atoms with E-state index in [1.165, 1.54) is 36.2 Å². The van der Waals surface area contributed by atoms with Gasteiger partial charge in [0.25, 0.3) is 5.91 Å². The van der Waals surface area contributed by atoms with Crippen LogP contribution in [0.1, 0.15) is 29.6 Å². The van der Waals surface area contributed by atoms with Gasteiger partial charge in [0.2, 0.25) is 5.91 Å². The summed E-state index contributed by atoms with van der Waals surface area (Å²) in [5.74, 6) is -0.319. The summed E-state index contributed by atoms with van der Waals surface area (Å²) in [5.41, 5.74) is -0.239. The second kappa shape index (κ2) is 10.0. The molecule has 1 saturated heterocycles. The normalized spacial score (nSPS) is 19.8. The highest BCUT2D eigenvalue weighted by Gasteiger charge is 2.51. The zero-order chi connectivity index (χ0) is 28.9. The van der Waals surface area contributed by atoms with Crippen LogP contribution < -0.4 is 5.32 Å². The van der Waals surface area contributed by atoms with E-state index < -0.39 is 48.0 Å². The van der Waals surface area contributed by atoms with E-state index in [9.17, 15) is 27.6 Å². The number of nitrogens with zero attached hydrogens (tertiary/aromatic N) is 7. The van der Waals surface area contributed by atoms with E-state index in [0.29, 0.717) is 22.0 Å². The fourth-order valence-corrected chi connectivity index (χ4v) is 5.27. The lowest BCUT2D eigenvalue weighted by atomic mass is 10.1. The molecule has 2 aliphatic heterocycles. The number of carbonyl (C=O) groups is 3. The van der Waals surface area contributed by atoms with Gasteiger partial charge < -0.3 is 19.6 Å². The monoisotopic (exact) mass is 576 g/mol. The average molecular weight is 577 g/mol. The number of fused-ring (bicyclic) bond motifs is 1. The molecule has 0 radical (unpaired) electrons. The minimum absolute atomic E-state index is 0.0457. The third kappa shape index (κ3) is 4.89. The van der Waals surface area contributed by atoms with Gasteiger partial charge in [-0.1, -0.05) is 5.16 Å². The van der Waals surface area contributed by atoms with Crippen LogP contribution in [0.2, 0.25) is 0 Å². The molecule has 3 aromatic rings. The third-order valence-electron chi connectivity index (χ3n) is 6.58. The average Bonchev–Trinajstić information content (AvgIpc) is 3.64. The molecule has 0 aliphatic carbocycles. The number of hydrogen-bond acceptors (Lipinski definition) is 10. The van der Waals surface area contributed by atoms with Crippen LogP contribution in [-0.2, 0) is 22.3 Å². The molecular formula is C24H23F3N8O4S. The molecule has 210 valence electrons. The Balaban J connectivity index is 1.29. The summed E-state index contributed by atoms with van der Waals surface area (Å²) in [6.45, 7) is 4.48. The molecule has 0 saturated carbocycles. The number of likely N-dealkylation sites (N-methyl/N-ethyl adjacent to an activating group) is 1. The number of thiazole rings is 1. The van der Waals surface area contributed by atoms with Gasteiger partial charge in [0.15, 0.2) is 12.2 Å². The van der Waals surface area contributed by atoms with Gasteiger partial charge in [-0.25, -0.2) is 14.8 Å². The van der Waals surface area contributed by atoms with Crippen molar-refractivity contribution in [2.45, 2.75) is 51.7 Å². The summed E-state index contributed by atoms with van der Waals surface area (Å²) < 4.78 is 44.1.